The van der Waals surface area contributed by atoms with Crippen molar-refractivity contribution in [3.63, 3.8) is 0 Å². The molecule has 0 spiro atoms. The molecule has 0 radical (unpaired) electrons. The second kappa shape index (κ2) is 11.5. The van der Waals surface area contributed by atoms with Crippen molar-refractivity contribution in [1.82, 2.24) is 4.98 Å². The number of ether oxygens (including phenoxy) is 3. The van der Waals surface area contributed by atoms with Crippen molar-refractivity contribution in [2.24, 2.45) is 5.92 Å². The minimum absolute atomic E-state index is 0.239. The van der Waals surface area contributed by atoms with Crippen LogP contribution in [0.1, 0.15) is 39.2 Å². The molecule has 9 nitrogen and oxygen atoms in total. The second-order valence-electron chi connectivity index (χ2n) is 9.71. The van der Waals surface area contributed by atoms with Crippen molar-refractivity contribution in [2.75, 3.05) is 18.6 Å². The number of benzene rings is 3. The van der Waals surface area contributed by atoms with Gasteiger partial charge >= 0.3 is 10.8 Å². The van der Waals surface area contributed by atoms with E-state index in [9.17, 15) is 19.2 Å². The zero-order chi connectivity index (χ0) is 29.4. The Bertz CT molecular complexity index is 1720. The number of amides is 2. The number of H-pyrrole nitrogens is 1. The van der Waals surface area contributed by atoms with Crippen LogP contribution in [0.15, 0.2) is 82.6 Å². The molecule has 0 bridgehead atoms. The van der Waals surface area contributed by atoms with Crippen LogP contribution in [0.4, 0.5) is 5.69 Å². The number of nitrogens with one attached hydrogen (secondary N) is 1. The van der Waals surface area contributed by atoms with Crippen LogP contribution < -0.4 is 19.2 Å². The lowest BCUT2D eigenvalue weighted by Crippen LogP contribution is -2.32. The monoisotopic (exact) mass is 602 g/mol. The lowest BCUT2D eigenvalue weighted by atomic mass is 9.83. The van der Waals surface area contributed by atoms with Crippen LogP contribution in [0.2, 0.25) is 0 Å². The number of aromatic nitrogens is 1. The number of nitrogens with zero attached hydrogens (tertiary/aromatic N) is 1. The van der Waals surface area contributed by atoms with Gasteiger partial charge < -0.3 is 19.2 Å². The predicted molar refractivity (Wildman–Crippen MR) is 159 cm³/mol. The molecule has 2 aliphatic rings. The summed E-state index contributed by atoms with van der Waals surface area (Å²) < 4.78 is 16.7. The van der Waals surface area contributed by atoms with Crippen molar-refractivity contribution in [3.8, 4) is 11.5 Å². The van der Waals surface area contributed by atoms with Gasteiger partial charge in [-0.1, -0.05) is 59.5 Å². The Kier molecular flexibility index (Phi) is 7.61. The average molecular weight is 603 g/mol. The maximum atomic E-state index is 14.0. The SMILES string of the molecule is CCOC(=O)c1ccc(N2C(=O)C3Sc4[nH]c(=O)sc4C(c4ccc(OCc5ccccc5)c(OC)c4)C3C2=O)cc1. The third kappa shape index (κ3) is 4.99. The molecule has 6 rings (SSSR count). The van der Waals surface area contributed by atoms with E-state index >= 15 is 0 Å². The van der Waals surface area contributed by atoms with Gasteiger partial charge in [-0.05, 0) is 54.4 Å². The maximum Gasteiger partial charge on any atom is 0.338 e. The molecule has 1 saturated heterocycles. The fraction of sp³-hybridized carbons (Fsp3) is 0.226. The normalized spacial score (nSPS) is 19.3. The van der Waals surface area contributed by atoms with E-state index < -0.39 is 23.1 Å². The van der Waals surface area contributed by atoms with Gasteiger partial charge in [-0.25, -0.2) is 9.69 Å². The fourth-order valence-electron chi connectivity index (χ4n) is 5.32. The number of fused-ring (bicyclic) bond motifs is 2. The summed E-state index contributed by atoms with van der Waals surface area (Å²) >= 11 is 2.24. The summed E-state index contributed by atoms with van der Waals surface area (Å²) in [7, 11) is 1.54. The minimum atomic E-state index is -0.757. The Hall–Kier alpha value is -4.35. The van der Waals surface area contributed by atoms with Crippen LogP contribution >= 0.6 is 23.1 Å². The molecule has 3 atom stereocenters. The Morgan fingerprint density at radius 1 is 0.952 bits per heavy atom. The van der Waals surface area contributed by atoms with Crippen LogP contribution in [0.5, 0.6) is 11.5 Å². The number of anilines is 1. The van der Waals surface area contributed by atoms with Gasteiger partial charge in [0, 0.05) is 10.8 Å². The Balaban J connectivity index is 1.34. The zero-order valence-electron chi connectivity index (χ0n) is 22.7. The van der Waals surface area contributed by atoms with E-state index in [2.05, 4.69) is 4.98 Å². The molecule has 1 aromatic heterocycles. The fourth-order valence-corrected chi connectivity index (χ4v) is 7.84. The van der Waals surface area contributed by atoms with E-state index in [0.717, 1.165) is 22.5 Å². The van der Waals surface area contributed by atoms with Crippen molar-refractivity contribution in [1.29, 1.82) is 0 Å². The van der Waals surface area contributed by atoms with Crippen LogP contribution in [-0.2, 0) is 20.9 Å². The van der Waals surface area contributed by atoms with E-state index in [1.54, 1.807) is 38.3 Å². The second-order valence-corrected chi connectivity index (χ2v) is 11.9. The first-order chi connectivity index (χ1) is 20.4. The van der Waals surface area contributed by atoms with Crippen LogP contribution in [0.25, 0.3) is 0 Å². The van der Waals surface area contributed by atoms with Gasteiger partial charge in [0.2, 0.25) is 11.8 Å². The standard InChI is InChI=1S/C31H26N2O7S2/c1-3-39-30(36)18-9-12-20(13-10-18)33-28(34)24-23(25-27(32-31(37)42-25)41-26(24)29(33)35)19-11-14-21(22(15-19)38-2)40-16-17-7-5-4-6-8-17/h4-15,23-24,26H,3,16H2,1-2H3,(H,32,37). The van der Waals surface area contributed by atoms with Gasteiger partial charge in [0.1, 0.15) is 11.9 Å². The van der Waals surface area contributed by atoms with E-state index in [4.69, 9.17) is 14.2 Å². The topological polar surface area (TPSA) is 115 Å². The van der Waals surface area contributed by atoms with E-state index in [1.807, 2.05) is 36.4 Å². The number of imide groups is 1. The summed E-state index contributed by atoms with van der Waals surface area (Å²) in [6.07, 6.45) is 0. The molecule has 1 N–H and O–H groups in total. The Morgan fingerprint density at radius 3 is 2.43 bits per heavy atom. The number of aromatic amines is 1. The molecule has 0 aliphatic carbocycles. The first kappa shape index (κ1) is 27.8. The molecular weight excluding hydrogens is 576 g/mol. The highest BCUT2D eigenvalue weighted by Crippen LogP contribution is 2.53. The molecule has 214 valence electrons. The largest absolute Gasteiger partial charge is 0.493 e. The van der Waals surface area contributed by atoms with Gasteiger partial charge in [0.25, 0.3) is 0 Å². The molecule has 2 amide bonds. The molecule has 0 saturated carbocycles. The van der Waals surface area contributed by atoms with Gasteiger partial charge in [-0.15, -0.1) is 0 Å². The smallest absolute Gasteiger partial charge is 0.338 e. The number of carbonyl (C=O) groups excluding carboxylic acids is 3. The predicted octanol–water partition coefficient (Wildman–Crippen LogP) is 5.00. The molecular formula is C31H26N2O7S2. The molecule has 4 aromatic rings. The van der Waals surface area contributed by atoms with Gasteiger partial charge in [-0.3, -0.25) is 14.4 Å². The van der Waals surface area contributed by atoms with Gasteiger partial charge in [-0.2, -0.15) is 0 Å². The van der Waals surface area contributed by atoms with Crippen molar-refractivity contribution < 1.29 is 28.6 Å². The van der Waals surface area contributed by atoms with Crippen molar-refractivity contribution in [3.05, 3.63) is 104 Å². The summed E-state index contributed by atoms with van der Waals surface area (Å²) in [5.41, 5.74) is 2.42. The summed E-state index contributed by atoms with van der Waals surface area (Å²) in [6.45, 7) is 2.31. The molecule has 3 heterocycles. The minimum Gasteiger partial charge on any atom is -0.493 e. The number of carbonyl (C=O) groups is 3. The molecule has 3 unspecified atom stereocenters. The van der Waals surface area contributed by atoms with Crippen LogP contribution in [0.3, 0.4) is 0 Å². The third-order valence-electron chi connectivity index (χ3n) is 7.24. The van der Waals surface area contributed by atoms with Gasteiger partial charge in [0.15, 0.2) is 11.5 Å². The summed E-state index contributed by atoms with van der Waals surface area (Å²) in [5.74, 6) is -1.54. The number of thioether (sulfide) groups is 1. The first-order valence-corrected chi connectivity index (χ1v) is 15.0. The molecule has 3 aromatic carbocycles. The van der Waals surface area contributed by atoms with E-state index in [-0.39, 0.29) is 23.3 Å². The lowest BCUT2D eigenvalue weighted by molar-refractivity contribution is -0.122. The average Bonchev–Trinajstić information content (AvgIpc) is 3.50. The van der Waals surface area contributed by atoms with Crippen molar-refractivity contribution in [2.45, 2.75) is 29.7 Å². The number of hydrogen-bond acceptors (Lipinski definition) is 9. The molecule has 11 heteroatoms. The highest BCUT2D eigenvalue weighted by Gasteiger charge is 2.56. The highest BCUT2D eigenvalue weighted by atomic mass is 32.2. The zero-order valence-corrected chi connectivity index (χ0v) is 24.3. The quantitative estimate of drug-likeness (QED) is 0.222. The van der Waals surface area contributed by atoms with E-state index in [0.29, 0.717) is 39.3 Å². The molecule has 2 aliphatic heterocycles. The van der Waals surface area contributed by atoms with Crippen LogP contribution in [-0.4, -0.2) is 41.7 Å². The lowest BCUT2D eigenvalue weighted by Gasteiger charge is -2.30. The summed E-state index contributed by atoms with van der Waals surface area (Å²) in [5, 5.41) is -0.162. The first-order valence-electron chi connectivity index (χ1n) is 13.3. The maximum absolute atomic E-state index is 14.0. The van der Waals surface area contributed by atoms with Crippen molar-refractivity contribution >= 4 is 46.6 Å². The van der Waals surface area contributed by atoms with E-state index in [1.165, 1.54) is 28.8 Å². The highest BCUT2D eigenvalue weighted by molar-refractivity contribution is 8.00. The summed E-state index contributed by atoms with van der Waals surface area (Å²) in [4.78, 5) is 56.7. The number of thiazole rings is 1. The van der Waals surface area contributed by atoms with Crippen LogP contribution in [0, 0.1) is 5.92 Å². The number of methoxy groups -OCH3 is 1. The summed E-state index contributed by atoms with van der Waals surface area (Å²) in [6, 6.07) is 21.4. The van der Waals surface area contributed by atoms with Gasteiger partial charge in [0.05, 0.1) is 35.9 Å². The number of esters is 1. The molecule has 1 fully saturated rings. The number of hydrogen-bond donors (Lipinski definition) is 1. The molecule has 42 heavy (non-hydrogen) atoms. The Labute approximate surface area is 249 Å². The third-order valence-corrected chi connectivity index (χ3v) is 9.65. The number of rotatable bonds is 8. The Morgan fingerprint density at radius 2 is 1.71 bits per heavy atom.